The van der Waals surface area contributed by atoms with Gasteiger partial charge in [0.2, 0.25) is 0 Å². The Morgan fingerprint density at radius 2 is 1.64 bits per heavy atom. The van der Waals surface area contributed by atoms with Crippen LogP contribution in [0.5, 0.6) is 5.75 Å². The molecule has 4 aromatic rings. The molecule has 10 heteroatoms. The van der Waals surface area contributed by atoms with E-state index in [2.05, 4.69) is 15.6 Å². The highest BCUT2D eigenvalue weighted by molar-refractivity contribution is 6.00. The van der Waals surface area contributed by atoms with Crippen LogP contribution in [0.25, 0.3) is 10.9 Å². The van der Waals surface area contributed by atoms with E-state index in [9.17, 15) is 22.8 Å². The van der Waals surface area contributed by atoms with Gasteiger partial charge in [-0.3, -0.25) is 4.79 Å². The molecule has 7 nitrogen and oxygen atoms in total. The summed E-state index contributed by atoms with van der Waals surface area (Å²) in [6, 6.07) is 13.2. The van der Waals surface area contributed by atoms with Gasteiger partial charge in [0.25, 0.3) is 5.56 Å². The van der Waals surface area contributed by atoms with Gasteiger partial charge in [-0.1, -0.05) is 18.2 Å². The van der Waals surface area contributed by atoms with E-state index in [0.717, 1.165) is 17.2 Å². The maximum atomic E-state index is 13.1. The summed E-state index contributed by atoms with van der Waals surface area (Å²) in [5, 5.41) is 5.50. The Bertz CT molecular complexity index is 1510. The molecule has 0 saturated heterocycles. The molecule has 2 amide bonds. The van der Waals surface area contributed by atoms with Gasteiger partial charge in [-0.15, -0.1) is 0 Å². The van der Waals surface area contributed by atoms with Crippen LogP contribution in [0.15, 0.2) is 65.7 Å². The van der Waals surface area contributed by atoms with E-state index in [0.29, 0.717) is 22.3 Å². The second-order valence-corrected chi connectivity index (χ2v) is 8.39. The quantitative estimate of drug-likeness (QED) is 0.366. The third-order valence-electron chi connectivity index (χ3n) is 5.62. The Morgan fingerprint density at radius 1 is 0.972 bits per heavy atom. The Hall–Kier alpha value is -4.34. The van der Waals surface area contributed by atoms with Gasteiger partial charge in [0.1, 0.15) is 12.4 Å². The zero-order chi connectivity index (χ0) is 26.0. The number of rotatable bonds is 5. The van der Waals surface area contributed by atoms with Gasteiger partial charge < -0.3 is 19.9 Å². The number of anilines is 2. The maximum Gasteiger partial charge on any atom is 0.416 e. The fraction of sp³-hybridized carbons (Fsp3) is 0.192. The smallest absolute Gasteiger partial charge is 0.416 e. The van der Waals surface area contributed by atoms with Crippen LogP contribution in [0.4, 0.5) is 29.3 Å². The zero-order valence-electron chi connectivity index (χ0n) is 19.7. The largest absolute Gasteiger partial charge is 0.489 e. The van der Waals surface area contributed by atoms with E-state index in [1.807, 2.05) is 13.0 Å². The van der Waals surface area contributed by atoms with Crippen molar-refractivity contribution < 1.29 is 22.7 Å². The Kier molecular flexibility index (Phi) is 6.69. The van der Waals surface area contributed by atoms with Gasteiger partial charge in [-0.2, -0.15) is 13.2 Å². The first-order valence-corrected chi connectivity index (χ1v) is 10.9. The topological polar surface area (TPSA) is 85.2 Å². The number of benzene rings is 3. The molecule has 3 aromatic carbocycles. The van der Waals surface area contributed by atoms with Gasteiger partial charge in [-0.25, -0.2) is 9.78 Å². The molecule has 0 bridgehead atoms. The number of halogens is 3. The molecule has 0 spiro atoms. The van der Waals surface area contributed by atoms with E-state index >= 15 is 0 Å². The molecule has 0 fully saturated rings. The van der Waals surface area contributed by atoms with Crippen LogP contribution in [0, 0.1) is 13.8 Å². The summed E-state index contributed by atoms with van der Waals surface area (Å²) in [6.45, 7) is 3.37. The number of hydrogen-bond donors (Lipinski definition) is 2. The minimum Gasteiger partial charge on any atom is -0.489 e. The minimum absolute atomic E-state index is 0.0194. The van der Waals surface area contributed by atoms with Crippen molar-refractivity contribution in [3.05, 3.63) is 93.5 Å². The molecule has 186 valence electrons. The van der Waals surface area contributed by atoms with E-state index in [1.54, 1.807) is 37.4 Å². The third-order valence-corrected chi connectivity index (χ3v) is 5.62. The van der Waals surface area contributed by atoms with Gasteiger partial charge in [-0.05, 0) is 60.9 Å². The summed E-state index contributed by atoms with van der Waals surface area (Å²) in [5.41, 5.74) is 1.68. The van der Waals surface area contributed by atoms with Gasteiger partial charge >= 0.3 is 12.2 Å². The highest BCUT2D eigenvalue weighted by Crippen LogP contribution is 2.33. The van der Waals surface area contributed by atoms with Crippen molar-refractivity contribution in [3.8, 4) is 5.75 Å². The summed E-state index contributed by atoms with van der Waals surface area (Å²) >= 11 is 0. The molecule has 0 atom stereocenters. The Balaban J connectivity index is 1.45. The van der Waals surface area contributed by atoms with Gasteiger partial charge in [0, 0.05) is 24.5 Å². The number of fused-ring (bicyclic) bond motifs is 1. The molecular weight excluding hydrogens is 473 g/mol. The highest BCUT2D eigenvalue weighted by Gasteiger charge is 2.32. The minimum atomic E-state index is -4.52. The van der Waals surface area contributed by atoms with E-state index in [-0.39, 0.29) is 23.4 Å². The molecule has 2 N–H and O–H groups in total. The normalized spacial score (nSPS) is 11.4. The van der Waals surface area contributed by atoms with Crippen molar-refractivity contribution in [2.24, 2.45) is 7.05 Å². The molecular formula is C26H23F3N4O3. The fourth-order valence-corrected chi connectivity index (χ4v) is 3.64. The molecule has 1 aromatic heterocycles. The molecule has 1 heterocycles. The van der Waals surface area contributed by atoms with Crippen LogP contribution in [-0.4, -0.2) is 15.6 Å². The second-order valence-electron chi connectivity index (χ2n) is 8.39. The summed E-state index contributed by atoms with van der Waals surface area (Å²) in [6.07, 6.45) is -3.05. The average molecular weight is 496 g/mol. The van der Waals surface area contributed by atoms with Crippen molar-refractivity contribution in [3.63, 3.8) is 0 Å². The Labute approximate surface area is 204 Å². The number of hydrogen-bond acceptors (Lipinski definition) is 4. The predicted octanol–water partition coefficient (Wildman–Crippen LogP) is 5.79. The molecule has 0 aliphatic rings. The number of nitrogens with one attached hydrogen (secondary N) is 2. The van der Waals surface area contributed by atoms with Gasteiger partial charge in [0.15, 0.2) is 0 Å². The van der Waals surface area contributed by atoms with E-state index in [4.69, 9.17) is 4.74 Å². The lowest BCUT2D eigenvalue weighted by atomic mass is 10.1. The number of carbonyl (C=O) groups is 1. The first-order valence-electron chi connectivity index (χ1n) is 10.9. The van der Waals surface area contributed by atoms with Crippen LogP contribution in [0.2, 0.25) is 0 Å². The number of aryl methyl sites for hydroxylation is 3. The van der Waals surface area contributed by atoms with Crippen LogP contribution in [0.1, 0.15) is 22.3 Å². The molecule has 0 saturated carbocycles. The number of carbonyl (C=O) groups excluding carboxylic acids is 1. The van der Waals surface area contributed by atoms with Crippen LogP contribution in [0.3, 0.4) is 0 Å². The summed E-state index contributed by atoms with van der Waals surface area (Å²) in [5.74, 6) is 0.502. The van der Waals surface area contributed by atoms with Crippen LogP contribution >= 0.6 is 0 Å². The number of alkyl halides is 3. The fourth-order valence-electron chi connectivity index (χ4n) is 3.64. The molecule has 0 radical (unpaired) electrons. The van der Waals surface area contributed by atoms with Crippen molar-refractivity contribution in [2.45, 2.75) is 26.6 Å². The van der Waals surface area contributed by atoms with E-state index < -0.39 is 17.8 Å². The molecule has 0 aliphatic carbocycles. The number of aromatic nitrogens is 2. The number of urea groups is 1. The molecule has 0 aliphatic heterocycles. The van der Waals surface area contributed by atoms with Crippen molar-refractivity contribution in [2.75, 3.05) is 10.6 Å². The monoisotopic (exact) mass is 496 g/mol. The number of ether oxygens (including phenoxy) is 1. The molecule has 4 rings (SSSR count). The zero-order valence-corrected chi connectivity index (χ0v) is 19.7. The summed E-state index contributed by atoms with van der Waals surface area (Å²) < 4.78 is 46.8. The van der Waals surface area contributed by atoms with Crippen LogP contribution < -0.4 is 20.9 Å². The van der Waals surface area contributed by atoms with Gasteiger partial charge in [0.05, 0.1) is 22.8 Å². The van der Waals surface area contributed by atoms with E-state index in [1.165, 1.54) is 30.0 Å². The lowest BCUT2D eigenvalue weighted by Gasteiger charge is -2.14. The second kappa shape index (κ2) is 9.73. The standard InChI is InChI=1S/C26H23F3N4O3/c1-15-4-7-18(11-21(15)26(27,28)29)31-25(35)32-19-8-5-16(2)23(12-19)36-13-17-6-9-22-20(10-17)24(34)33(3)14-30-22/h4-12,14H,13H2,1-3H3,(H2,31,32,35). The lowest BCUT2D eigenvalue weighted by molar-refractivity contribution is -0.138. The SMILES string of the molecule is Cc1ccc(NC(=O)Nc2ccc(C)c(C(F)(F)F)c2)cc1OCc1ccc2ncn(C)c(=O)c2c1. The van der Waals surface area contributed by atoms with Crippen LogP contribution in [-0.2, 0) is 19.8 Å². The first kappa shape index (κ1) is 24.8. The predicted molar refractivity (Wildman–Crippen MR) is 131 cm³/mol. The maximum absolute atomic E-state index is 13.1. The summed E-state index contributed by atoms with van der Waals surface area (Å²) in [4.78, 5) is 29.0. The highest BCUT2D eigenvalue weighted by atomic mass is 19.4. The molecule has 36 heavy (non-hydrogen) atoms. The number of nitrogens with zero attached hydrogens (tertiary/aromatic N) is 2. The first-order chi connectivity index (χ1) is 17.0. The molecule has 0 unspecified atom stereocenters. The lowest BCUT2D eigenvalue weighted by Crippen LogP contribution is -2.20. The average Bonchev–Trinajstić information content (AvgIpc) is 2.82. The van der Waals surface area contributed by atoms with Crippen molar-refractivity contribution in [1.82, 2.24) is 9.55 Å². The van der Waals surface area contributed by atoms with Crippen molar-refractivity contribution in [1.29, 1.82) is 0 Å². The van der Waals surface area contributed by atoms with Crippen molar-refractivity contribution >= 4 is 28.3 Å². The third kappa shape index (κ3) is 5.48. The summed E-state index contributed by atoms with van der Waals surface area (Å²) in [7, 11) is 1.63. The Morgan fingerprint density at radius 3 is 2.33 bits per heavy atom. The number of amides is 2.